The van der Waals surface area contributed by atoms with Gasteiger partial charge in [0.15, 0.2) is 11.5 Å². The van der Waals surface area contributed by atoms with E-state index in [2.05, 4.69) is 5.32 Å². The van der Waals surface area contributed by atoms with Gasteiger partial charge in [-0.25, -0.2) is 0 Å². The quantitative estimate of drug-likeness (QED) is 0.851. The molecule has 20 heavy (non-hydrogen) atoms. The van der Waals surface area contributed by atoms with E-state index in [1.807, 2.05) is 6.07 Å². The Labute approximate surface area is 118 Å². The second kappa shape index (κ2) is 7.36. The Morgan fingerprint density at radius 1 is 1.30 bits per heavy atom. The molecule has 0 aliphatic heterocycles. The van der Waals surface area contributed by atoms with E-state index in [0.29, 0.717) is 17.1 Å². The molecule has 0 radical (unpaired) electrons. The fourth-order valence-corrected chi connectivity index (χ4v) is 1.69. The first-order chi connectivity index (χ1) is 9.58. The van der Waals surface area contributed by atoms with Crippen molar-refractivity contribution in [2.75, 3.05) is 21.3 Å². The average molecular weight is 278 g/mol. The number of methoxy groups -OCH3 is 3. The summed E-state index contributed by atoms with van der Waals surface area (Å²) in [5.41, 5.74) is 0.533. The number of nitriles is 1. The van der Waals surface area contributed by atoms with Gasteiger partial charge in [-0.2, -0.15) is 5.26 Å². The molecule has 0 bridgehead atoms. The van der Waals surface area contributed by atoms with Crippen LogP contribution in [0.1, 0.15) is 18.5 Å². The molecule has 0 aromatic heterocycles. The van der Waals surface area contributed by atoms with E-state index in [0.717, 1.165) is 0 Å². The van der Waals surface area contributed by atoms with Crippen molar-refractivity contribution in [3.05, 3.63) is 23.8 Å². The zero-order chi connectivity index (χ0) is 15.1. The van der Waals surface area contributed by atoms with Crippen molar-refractivity contribution < 1.29 is 19.0 Å². The molecule has 1 rings (SSSR count). The smallest absolute Gasteiger partial charge is 0.250 e. The van der Waals surface area contributed by atoms with Crippen molar-refractivity contribution in [2.24, 2.45) is 0 Å². The van der Waals surface area contributed by atoms with Crippen LogP contribution in [0.15, 0.2) is 18.2 Å². The minimum absolute atomic E-state index is 0.371. The lowest BCUT2D eigenvalue weighted by molar-refractivity contribution is -0.130. The summed E-state index contributed by atoms with van der Waals surface area (Å²) in [6.07, 6.45) is -0.637. The number of carbonyl (C=O) groups is 1. The molecule has 0 heterocycles. The highest BCUT2D eigenvalue weighted by Gasteiger charge is 2.22. The highest BCUT2D eigenvalue weighted by atomic mass is 16.5. The molecule has 1 amide bonds. The standard InChI is InChI=1S/C14H18N2O4/c1-9(18-2)14(17)16-11(8-15)10-6-5-7-12(19-3)13(10)20-4/h5-7,9,11H,1-4H3,(H,16,17)/t9-,11+/m1/s1. The van der Waals surface area contributed by atoms with Gasteiger partial charge in [-0.15, -0.1) is 0 Å². The summed E-state index contributed by atoms with van der Waals surface area (Å²) < 4.78 is 15.4. The Kier molecular flexibility index (Phi) is 5.81. The van der Waals surface area contributed by atoms with Gasteiger partial charge in [-0.3, -0.25) is 4.79 Å². The molecule has 0 unspecified atom stereocenters. The summed E-state index contributed by atoms with van der Waals surface area (Å²) >= 11 is 0. The maximum absolute atomic E-state index is 11.8. The molecule has 1 aromatic rings. The van der Waals surface area contributed by atoms with Gasteiger partial charge >= 0.3 is 0 Å². The number of nitrogens with one attached hydrogen (secondary N) is 1. The van der Waals surface area contributed by atoms with Crippen molar-refractivity contribution in [3.8, 4) is 17.6 Å². The number of amides is 1. The molecule has 0 aliphatic rings. The number of rotatable bonds is 6. The first-order valence-corrected chi connectivity index (χ1v) is 6.02. The maximum Gasteiger partial charge on any atom is 0.250 e. The topological polar surface area (TPSA) is 80.6 Å². The van der Waals surface area contributed by atoms with Crippen LogP contribution >= 0.6 is 0 Å². The Hall–Kier alpha value is -2.26. The van der Waals surface area contributed by atoms with E-state index in [1.165, 1.54) is 21.3 Å². The lowest BCUT2D eigenvalue weighted by atomic mass is 10.1. The number of hydrogen-bond acceptors (Lipinski definition) is 5. The first-order valence-electron chi connectivity index (χ1n) is 6.02. The summed E-state index contributed by atoms with van der Waals surface area (Å²) in [5.74, 6) is 0.551. The molecular weight excluding hydrogens is 260 g/mol. The van der Waals surface area contributed by atoms with Gasteiger partial charge in [0.1, 0.15) is 12.1 Å². The molecule has 6 heteroatoms. The minimum Gasteiger partial charge on any atom is -0.493 e. The van der Waals surface area contributed by atoms with Crippen molar-refractivity contribution in [1.29, 1.82) is 5.26 Å². The van der Waals surface area contributed by atoms with Crippen LogP contribution in [0.2, 0.25) is 0 Å². The molecule has 0 saturated heterocycles. The molecule has 6 nitrogen and oxygen atoms in total. The number of benzene rings is 1. The molecule has 108 valence electrons. The van der Waals surface area contributed by atoms with Gasteiger partial charge in [0.25, 0.3) is 0 Å². The van der Waals surface area contributed by atoms with E-state index >= 15 is 0 Å². The third-order valence-corrected chi connectivity index (χ3v) is 2.88. The Morgan fingerprint density at radius 2 is 2.00 bits per heavy atom. The van der Waals surface area contributed by atoms with Gasteiger partial charge in [0, 0.05) is 12.7 Å². The highest BCUT2D eigenvalue weighted by Crippen LogP contribution is 2.34. The zero-order valence-electron chi connectivity index (χ0n) is 12.0. The Morgan fingerprint density at radius 3 is 2.50 bits per heavy atom. The predicted molar refractivity (Wildman–Crippen MR) is 72.5 cm³/mol. The molecule has 2 atom stereocenters. The molecule has 0 aliphatic carbocycles. The van der Waals surface area contributed by atoms with E-state index in [-0.39, 0.29) is 5.91 Å². The summed E-state index contributed by atoms with van der Waals surface area (Å²) in [4.78, 5) is 11.8. The molecule has 0 saturated carbocycles. The maximum atomic E-state index is 11.8. The average Bonchev–Trinajstić information content (AvgIpc) is 2.50. The van der Waals surface area contributed by atoms with Gasteiger partial charge in [-0.05, 0) is 13.0 Å². The van der Waals surface area contributed by atoms with Crippen LogP contribution < -0.4 is 14.8 Å². The number of ether oxygens (including phenoxy) is 3. The third kappa shape index (κ3) is 3.39. The summed E-state index contributed by atoms with van der Waals surface area (Å²) in [6, 6.07) is 6.34. The molecule has 1 N–H and O–H groups in total. The third-order valence-electron chi connectivity index (χ3n) is 2.88. The van der Waals surface area contributed by atoms with E-state index < -0.39 is 12.1 Å². The van der Waals surface area contributed by atoms with Crippen LogP contribution in [0.5, 0.6) is 11.5 Å². The SMILES string of the molecule is COc1cccc([C@H](C#N)NC(=O)[C@@H](C)OC)c1OC. The number of hydrogen-bond donors (Lipinski definition) is 1. The van der Waals surface area contributed by atoms with Crippen molar-refractivity contribution in [3.63, 3.8) is 0 Å². The van der Waals surface area contributed by atoms with Crippen LogP contribution in [0.3, 0.4) is 0 Å². The predicted octanol–water partition coefficient (Wildman–Crippen LogP) is 1.42. The lowest BCUT2D eigenvalue weighted by Crippen LogP contribution is -2.36. The Balaban J connectivity index is 3.08. The fraction of sp³-hybridized carbons (Fsp3) is 0.429. The van der Waals surface area contributed by atoms with E-state index in [9.17, 15) is 10.1 Å². The normalized spacial score (nSPS) is 12.9. The largest absolute Gasteiger partial charge is 0.493 e. The summed E-state index contributed by atoms with van der Waals surface area (Å²) in [5, 5.41) is 11.9. The monoisotopic (exact) mass is 278 g/mol. The van der Waals surface area contributed by atoms with Crippen LogP contribution in [-0.2, 0) is 9.53 Å². The van der Waals surface area contributed by atoms with Crippen molar-refractivity contribution >= 4 is 5.91 Å². The van der Waals surface area contributed by atoms with Crippen molar-refractivity contribution in [1.82, 2.24) is 5.32 Å². The summed E-state index contributed by atoms with van der Waals surface area (Å²) in [7, 11) is 4.42. The first kappa shape index (κ1) is 15.8. The summed E-state index contributed by atoms with van der Waals surface area (Å²) in [6.45, 7) is 1.60. The number of nitrogens with zero attached hydrogens (tertiary/aromatic N) is 1. The number of carbonyl (C=O) groups excluding carboxylic acids is 1. The van der Waals surface area contributed by atoms with Gasteiger partial charge in [-0.1, -0.05) is 12.1 Å². The van der Waals surface area contributed by atoms with Crippen molar-refractivity contribution in [2.45, 2.75) is 19.1 Å². The molecular formula is C14H18N2O4. The van der Waals surface area contributed by atoms with E-state index in [4.69, 9.17) is 14.2 Å². The Bertz CT molecular complexity index is 510. The second-order valence-electron chi connectivity index (χ2n) is 4.03. The van der Waals surface area contributed by atoms with Crippen LogP contribution in [-0.4, -0.2) is 33.3 Å². The number of para-hydroxylation sites is 1. The van der Waals surface area contributed by atoms with Crippen LogP contribution in [0.4, 0.5) is 0 Å². The zero-order valence-corrected chi connectivity index (χ0v) is 12.0. The van der Waals surface area contributed by atoms with Crippen LogP contribution in [0, 0.1) is 11.3 Å². The lowest BCUT2D eigenvalue weighted by Gasteiger charge is -2.18. The van der Waals surface area contributed by atoms with Gasteiger partial charge in [0.2, 0.25) is 5.91 Å². The molecule has 0 spiro atoms. The van der Waals surface area contributed by atoms with E-state index in [1.54, 1.807) is 25.1 Å². The fourth-order valence-electron chi connectivity index (χ4n) is 1.69. The minimum atomic E-state index is -0.842. The molecule has 0 fully saturated rings. The van der Waals surface area contributed by atoms with Gasteiger partial charge < -0.3 is 19.5 Å². The second-order valence-corrected chi connectivity index (χ2v) is 4.03. The van der Waals surface area contributed by atoms with Gasteiger partial charge in [0.05, 0.1) is 20.3 Å². The van der Waals surface area contributed by atoms with Crippen LogP contribution in [0.25, 0.3) is 0 Å². The molecule has 1 aromatic carbocycles. The highest BCUT2D eigenvalue weighted by molar-refractivity contribution is 5.81.